The predicted octanol–water partition coefficient (Wildman–Crippen LogP) is 1.38. The van der Waals surface area contributed by atoms with Gasteiger partial charge in [0.2, 0.25) is 0 Å². The summed E-state index contributed by atoms with van der Waals surface area (Å²) >= 11 is 0. The van der Waals surface area contributed by atoms with Gasteiger partial charge in [-0.3, -0.25) is 10.1 Å². The lowest BCUT2D eigenvalue weighted by Crippen LogP contribution is -2.51. The fourth-order valence-corrected chi connectivity index (χ4v) is 2.83. The summed E-state index contributed by atoms with van der Waals surface area (Å²) in [7, 11) is 1.56. The molecule has 1 aromatic rings. The second-order valence-corrected chi connectivity index (χ2v) is 5.58. The molecule has 0 unspecified atom stereocenters. The van der Waals surface area contributed by atoms with Gasteiger partial charge in [-0.2, -0.15) is 0 Å². The molecule has 1 spiro atoms. The monoisotopic (exact) mass is 320 g/mol. The van der Waals surface area contributed by atoms with Crippen LogP contribution in [0.1, 0.15) is 23.2 Å². The molecule has 1 N–H and O–H groups in total. The van der Waals surface area contributed by atoms with E-state index in [1.807, 2.05) is 0 Å². The summed E-state index contributed by atoms with van der Waals surface area (Å²) in [6.45, 7) is 2.20. The normalized spacial score (nSPS) is 19.6. The molecule has 1 aromatic carbocycles. The van der Waals surface area contributed by atoms with Crippen LogP contribution in [0.2, 0.25) is 0 Å². The van der Waals surface area contributed by atoms with Crippen molar-refractivity contribution in [1.82, 2.24) is 10.2 Å². The maximum Gasteiger partial charge on any atom is 0.324 e. The lowest BCUT2D eigenvalue weighted by atomic mass is 10.0. The van der Waals surface area contributed by atoms with Crippen LogP contribution in [0.3, 0.4) is 0 Å². The van der Waals surface area contributed by atoms with Gasteiger partial charge in [0.05, 0.1) is 20.3 Å². The van der Waals surface area contributed by atoms with Crippen LogP contribution in [0, 0.1) is 0 Å². The number of piperidine rings is 1. The Morgan fingerprint density at radius 2 is 1.74 bits per heavy atom. The van der Waals surface area contributed by atoms with Gasteiger partial charge in [0.25, 0.3) is 5.91 Å². The molecule has 7 heteroatoms. The van der Waals surface area contributed by atoms with Crippen molar-refractivity contribution in [3.63, 3.8) is 0 Å². The van der Waals surface area contributed by atoms with E-state index in [9.17, 15) is 9.59 Å². The van der Waals surface area contributed by atoms with Crippen LogP contribution in [0.5, 0.6) is 5.75 Å². The summed E-state index contributed by atoms with van der Waals surface area (Å²) in [6.07, 6.45) is 1.24. The Bertz CT molecular complexity index is 571. The second-order valence-electron chi connectivity index (χ2n) is 5.58. The quantitative estimate of drug-likeness (QED) is 0.891. The minimum absolute atomic E-state index is 0.390. The van der Waals surface area contributed by atoms with Crippen LogP contribution >= 0.6 is 0 Å². The lowest BCUT2D eigenvalue weighted by Gasteiger charge is -2.37. The molecule has 3 amide bonds. The third-order valence-corrected chi connectivity index (χ3v) is 4.20. The number of carbonyl (C=O) groups is 2. The van der Waals surface area contributed by atoms with Gasteiger partial charge >= 0.3 is 6.03 Å². The fourth-order valence-electron chi connectivity index (χ4n) is 2.83. The zero-order valence-corrected chi connectivity index (χ0v) is 13.0. The number of ether oxygens (including phenoxy) is 3. The molecule has 2 heterocycles. The van der Waals surface area contributed by atoms with Gasteiger partial charge in [-0.15, -0.1) is 0 Å². The highest BCUT2D eigenvalue weighted by atomic mass is 16.7. The average Bonchev–Trinajstić information content (AvgIpc) is 3.03. The van der Waals surface area contributed by atoms with E-state index in [1.54, 1.807) is 36.3 Å². The number of hydrogen-bond donors (Lipinski definition) is 1. The summed E-state index contributed by atoms with van der Waals surface area (Å²) in [5.41, 5.74) is 0.412. The number of benzene rings is 1. The van der Waals surface area contributed by atoms with Crippen molar-refractivity contribution in [1.29, 1.82) is 0 Å². The summed E-state index contributed by atoms with van der Waals surface area (Å²) in [5, 5.41) is 2.41. The smallest absolute Gasteiger partial charge is 0.324 e. The molecule has 0 saturated carbocycles. The van der Waals surface area contributed by atoms with Crippen LogP contribution < -0.4 is 10.1 Å². The highest BCUT2D eigenvalue weighted by molar-refractivity contribution is 6.04. The van der Waals surface area contributed by atoms with Crippen molar-refractivity contribution < 1.29 is 23.8 Å². The van der Waals surface area contributed by atoms with Gasteiger partial charge in [-0.25, -0.2) is 4.79 Å². The minimum atomic E-state index is -0.531. The Kier molecular flexibility index (Phi) is 4.49. The second kappa shape index (κ2) is 6.55. The molecule has 2 saturated heterocycles. The van der Waals surface area contributed by atoms with Crippen LogP contribution in [-0.2, 0) is 9.47 Å². The van der Waals surface area contributed by atoms with Gasteiger partial charge in [0.1, 0.15) is 5.75 Å². The van der Waals surface area contributed by atoms with Crippen molar-refractivity contribution in [3.8, 4) is 5.75 Å². The average molecular weight is 320 g/mol. The molecule has 0 bridgehead atoms. The number of likely N-dealkylation sites (tertiary alicyclic amines) is 1. The first-order chi connectivity index (χ1) is 11.1. The fraction of sp³-hybridized carbons (Fsp3) is 0.500. The number of methoxy groups -OCH3 is 1. The van der Waals surface area contributed by atoms with Gasteiger partial charge in [-0.1, -0.05) is 0 Å². The van der Waals surface area contributed by atoms with Crippen molar-refractivity contribution >= 4 is 11.9 Å². The summed E-state index contributed by atoms with van der Waals surface area (Å²) in [6, 6.07) is 6.20. The van der Waals surface area contributed by atoms with E-state index < -0.39 is 17.7 Å². The van der Waals surface area contributed by atoms with E-state index >= 15 is 0 Å². The Hall–Kier alpha value is -2.12. The van der Waals surface area contributed by atoms with Crippen LogP contribution in [-0.4, -0.2) is 56.0 Å². The van der Waals surface area contributed by atoms with Crippen LogP contribution in [0.4, 0.5) is 4.79 Å². The molecule has 0 aliphatic carbocycles. The third kappa shape index (κ3) is 3.46. The lowest BCUT2D eigenvalue weighted by molar-refractivity contribution is -0.181. The zero-order chi connectivity index (χ0) is 16.3. The predicted molar refractivity (Wildman–Crippen MR) is 81.3 cm³/mol. The Morgan fingerprint density at radius 1 is 1.13 bits per heavy atom. The maximum atomic E-state index is 12.2. The summed E-state index contributed by atoms with van der Waals surface area (Å²) in [4.78, 5) is 25.9. The number of nitrogens with one attached hydrogen (secondary N) is 1. The Balaban J connectivity index is 1.53. The first-order valence-corrected chi connectivity index (χ1v) is 7.64. The number of amides is 3. The van der Waals surface area contributed by atoms with Crippen molar-refractivity contribution in [2.45, 2.75) is 18.6 Å². The maximum absolute atomic E-state index is 12.2. The Morgan fingerprint density at radius 3 is 2.30 bits per heavy atom. The highest BCUT2D eigenvalue weighted by Gasteiger charge is 2.40. The molecule has 0 radical (unpaired) electrons. The van der Waals surface area contributed by atoms with E-state index in [0.717, 1.165) is 0 Å². The van der Waals surface area contributed by atoms with Gasteiger partial charge < -0.3 is 19.1 Å². The van der Waals surface area contributed by atoms with Gasteiger partial charge in [0, 0.05) is 31.5 Å². The van der Waals surface area contributed by atoms with Crippen LogP contribution in [0.15, 0.2) is 24.3 Å². The molecule has 3 rings (SSSR count). The van der Waals surface area contributed by atoms with Crippen LogP contribution in [0.25, 0.3) is 0 Å². The molecule has 2 aliphatic rings. The van der Waals surface area contributed by atoms with Gasteiger partial charge in [-0.05, 0) is 24.3 Å². The van der Waals surface area contributed by atoms with Crippen molar-refractivity contribution in [3.05, 3.63) is 29.8 Å². The first-order valence-electron chi connectivity index (χ1n) is 7.64. The molecular weight excluding hydrogens is 300 g/mol. The molecule has 7 nitrogen and oxygen atoms in total. The molecule has 23 heavy (non-hydrogen) atoms. The first kappa shape index (κ1) is 15.8. The highest BCUT2D eigenvalue weighted by Crippen LogP contribution is 2.31. The van der Waals surface area contributed by atoms with Crippen molar-refractivity contribution in [2.24, 2.45) is 0 Å². The molecule has 0 atom stereocenters. The largest absolute Gasteiger partial charge is 0.497 e. The number of hydrogen-bond acceptors (Lipinski definition) is 5. The summed E-state index contributed by atoms with van der Waals surface area (Å²) < 4.78 is 16.3. The van der Waals surface area contributed by atoms with E-state index in [0.29, 0.717) is 50.5 Å². The van der Waals surface area contributed by atoms with E-state index in [2.05, 4.69) is 5.32 Å². The number of nitrogens with zero attached hydrogens (tertiary/aromatic N) is 1. The third-order valence-electron chi connectivity index (χ3n) is 4.20. The van der Waals surface area contributed by atoms with Crippen molar-refractivity contribution in [2.75, 3.05) is 33.4 Å². The number of rotatable bonds is 2. The van der Waals surface area contributed by atoms with Gasteiger partial charge in [0.15, 0.2) is 5.79 Å². The SMILES string of the molecule is COc1ccc(C(=O)NC(=O)N2CCC3(CC2)OCCO3)cc1. The topological polar surface area (TPSA) is 77.1 Å². The number of urea groups is 1. The molecule has 0 aromatic heterocycles. The summed E-state index contributed by atoms with van der Waals surface area (Å²) in [5.74, 6) is -0.298. The zero-order valence-electron chi connectivity index (χ0n) is 13.0. The van der Waals surface area contributed by atoms with E-state index in [4.69, 9.17) is 14.2 Å². The van der Waals surface area contributed by atoms with E-state index in [1.165, 1.54) is 0 Å². The number of imide groups is 1. The molecule has 2 aliphatic heterocycles. The molecule has 124 valence electrons. The molecule has 2 fully saturated rings. The number of carbonyl (C=O) groups excluding carboxylic acids is 2. The Labute approximate surface area is 134 Å². The van der Waals surface area contributed by atoms with E-state index in [-0.39, 0.29) is 0 Å². The molecular formula is C16H20N2O5. The standard InChI is InChI=1S/C16H20N2O5/c1-21-13-4-2-12(3-5-13)14(19)17-15(20)18-8-6-16(7-9-18)22-10-11-23-16/h2-5H,6-11H2,1H3,(H,17,19,20). The minimum Gasteiger partial charge on any atom is -0.497 e.